The van der Waals surface area contributed by atoms with Crippen molar-refractivity contribution in [3.05, 3.63) is 40.7 Å². The maximum absolute atomic E-state index is 9.04. The molecule has 1 radical (unpaired) electrons. The van der Waals surface area contributed by atoms with Crippen molar-refractivity contribution in [2.45, 2.75) is 19.4 Å². The molecule has 1 atom stereocenters. The molecule has 1 N–H and O–H groups in total. The molecule has 0 saturated carbocycles. The van der Waals surface area contributed by atoms with Gasteiger partial charge in [-0.2, -0.15) is 0 Å². The third-order valence-corrected chi connectivity index (χ3v) is 2.04. The summed E-state index contributed by atoms with van der Waals surface area (Å²) in [5, 5.41) is 9.04. The van der Waals surface area contributed by atoms with Crippen LogP contribution in [-0.4, -0.2) is 11.2 Å². The van der Waals surface area contributed by atoms with E-state index in [0.29, 0.717) is 6.42 Å². The van der Waals surface area contributed by atoms with E-state index in [4.69, 9.17) is 5.11 Å². The Hall–Kier alpha value is -0.340. The largest absolute Gasteiger partial charge is 0.393 e. The smallest absolute Gasteiger partial charge is 0.0518 e. The first-order valence-electron chi connectivity index (χ1n) is 3.95. The van der Waals surface area contributed by atoms with E-state index in [2.05, 4.69) is 15.9 Å². The number of hydrogen-bond donors (Lipinski definition) is 1. The van der Waals surface area contributed by atoms with Crippen LogP contribution in [0.25, 0.3) is 0 Å². The van der Waals surface area contributed by atoms with Gasteiger partial charge in [-0.15, -0.1) is 0 Å². The fourth-order valence-corrected chi connectivity index (χ4v) is 1.36. The molecule has 0 aliphatic heterocycles. The van der Waals surface area contributed by atoms with Gasteiger partial charge in [0.25, 0.3) is 0 Å². The van der Waals surface area contributed by atoms with Crippen LogP contribution in [0.2, 0.25) is 0 Å². The normalized spacial score (nSPS) is 12.9. The van der Waals surface area contributed by atoms with Crippen molar-refractivity contribution < 1.29 is 5.11 Å². The topological polar surface area (TPSA) is 20.2 Å². The van der Waals surface area contributed by atoms with Gasteiger partial charge in [0.15, 0.2) is 0 Å². The predicted molar refractivity (Wildman–Crippen MR) is 53.8 cm³/mol. The summed E-state index contributed by atoms with van der Waals surface area (Å²) in [5.74, 6) is 0. The predicted octanol–water partition coefficient (Wildman–Crippen LogP) is 2.77. The number of benzene rings is 1. The lowest BCUT2D eigenvalue weighted by Crippen LogP contribution is -1.99. The fourth-order valence-electron chi connectivity index (χ4n) is 0.940. The lowest BCUT2D eigenvalue weighted by molar-refractivity contribution is 0.195. The molecule has 1 aromatic rings. The Kier molecular flexibility index (Phi) is 3.76. The van der Waals surface area contributed by atoms with E-state index >= 15 is 0 Å². The monoisotopic (exact) mass is 227 g/mol. The van der Waals surface area contributed by atoms with Crippen molar-refractivity contribution in [1.29, 1.82) is 0 Å². The van der Waals surface area contributed by atoms with Gasteiger partial charge in [-0.05, 0) is 37.5 Å². The summed E-state index contributed by atoms with van der Waals surface area (Å²) in [7, 11) is 0. The summed E-state index contributed by atoms with van der Waals surface area (Å²) in [6.45, 7) is 1.79. The third-order valence-electron chi connectivity index (χ3n) is 1.54. The molecule has 0 bridgehead atoms. The van der Waals surface area contributed by atoms with Gasteiger partial charge in [0, 0.05) is 4.47 Å². The van der Waals surface area contributed by atoms with E-state index in [1.165, 1.54) is 0 Å². The molecule has 0 aromatic heterocycles. The van der Waals surface area contributed by atoms with Crippen molar-refractivity contribution >= 4 is 15.9 Å². The van der Waals surface area contributed by atoms with Crippen LogP contribution in [-0.2, 0) is 0 Å². The Morgan fingerprint density at radius 2 is 2.33 bits per heavy atom. The Bertz CT molecular complexity index is 245. The summed E-state index contributed by atoms with van der Waals surface area (Å²) in [4.78, 5) is 0. The maximum atomic E-state index is 9.04. The highest BCUT2D eigenvalue weighted by atomic mass is 79.9. The number of hydrogen-bond acceptors (Lipinski definition) is 1. The molecule has 0 fully saturated rings. The number of halogens is 1. The van der Waals surface area contributed by atoms with Gasteiger partial charge >= 0.3 is 0 Å². The fraction of sp³-hybridized carbons (Fsp3) is 0.300. The highest BCUT2D eigenvalue weighted by Gasteiger charge is 1.98. The number of rotatable bonds is 3. The van der Waals surface area contributed by atoms with E-state index in [1.807, 2.05) is 30.7 Å². The van der Waals surface area contributed by atoms with Gasteiger partial charge in [0.2, 0.25) is 0 Å². The molecule has 2 heteroatoms. The minimum absolute atomic E-state index is 0.260. The zero-order valence-electron chi connectivity index (χ0n) is 7.00. The van der Waals surface area contributed by atoms with Crippen LogP contribution < -0.4 is 0 Å². The molecular formula is C10H12BrO. The van der Waals surface area contributed by atoms with Crippen molar-refractivity contribution in [3.63, 3.8) is 0 Å². The van der Waals surface area contributed by atoms with E-state index in [9.17, 15) is 0 Å². The first-order chi connectivity index (χ1) is 5.68. The van der Waals surface area contributed by atoms with Crippen LogP contribution >= 0.6 is 15.9 Å². The van der Waals surface area contributed by atoms with Gasteiger partial charge in [0.1, 0.15) is 0 Å². The van der Waals surface area contributed by atoms with Crippen LogP contribution in [0.4, 0.5) is 0 Å². The number of aliphatic hydroxyl groups is 1. The minimum Gasteiger partial charge on any atom is -0.393 e. The lowest BCUT2D eigenvalue weighted by atomic mass is 10.1. The van der Waals surface area contributed by atoms with Crippen molar-refractivity contribution in [1.82, 2.24) is 0 Å². The van der Waals surface area contributed by atoms with Crippen molar-refractivity contribution in [2.75, 3.05) is 0 Å². The van der Waals surface area contributed by atoms with Crippen LogP contribution in [0.3, 0.4) is 0 Å². The van der Waals surface area contributed by atoms with Crippen LogP contribution in [0.1, 0.15) is 18.9 Å². The van der Waals surface area contributed by atoms with Gasteiger partial charge in [0.05, 0.1) is 6.10 Å². The molecule has 0 spiro atoms. The van der Waals surface area contributed by atoms with Gasteiger partial charge in [-0.25, -0.2) is 0 Å². The molecule has 1 unspecified atom stereocenters. The molecule has 0 amide bonds. The zero-order valence-corrected chi connectivity index (χ0v) is 8.58. The van der Waals surface area contributed by atoms with E-state index in [0.717, 1.165) is 10.0 Å². The Balaban J connectivity index is 2.52. The first kappa shape index (κ1) is 9.75. The van der Waals surface area contributed by atoms with Crippen LogP contribution in [0.5, 0.6) is 0 Å². The summed E-state index contributed by atoms with van der Waals surface area (Å²) < 4.78 is 1.07. The molecule has 1 rings (SSSR count). The number of aliphatic hydroxyl groups excluding tert-OH is 1. The molecule has 0 saturated heterocycles. The zero-order chi connectivity index (χ0) is 8.97. The summed E-state index contributed by atoms with van der Waals surface area (Å²) in [5.41, 5.74) is 1.14. The van der Waals surface area contributed by atoms with Crippen LogP contribution in [0, 0.1) is 6.42 Å². The average Bonchev–Trinajstić information content (AvgIpc) is 2.01. The summed E-state index contributed by atoms with van der Waals surface area (Å²) in [6, 6.07) is 8.02. The van der Waals surface area contributed by atoms with E-state index in [-0.39, 0.29) is 6.10 Å². The molecule has 1 aromatic carbocycles. The lowest BCUT2D eigenvalue weighted by Gasteiger charge is -2.03. The van der Waals surface area contributed by atoms with E-state index < -0.39 is 0 Å². The molecule has 0 aliphatic carbocycles. The second kappa shape index (κ2) is 4.63. The molecule has 0 aliphatic rings. The van der Waals surface area contributed by atoms with Gasteiger partial charge in [-0.3, -0.25) is 0 Å². The second-order valence-corrected chi connectivity index (χ2v) is 3.76. The third kappa shape index (κ3) is 3.37. The maximum Gasteiger partial charge on any atom is 0.0518 e. The Morgan fingerprint density at radius 1 is 1.58 bits per heavy atom. The van der Waals surface area contributed by atoms with Crippen LogP contribution in [0.15, 0.2) is 28.7 Å². The summed E-state index contributed by atoms with van der Waals surface area (Å²) >= 11 is 3.39. The Morgan fingerprint density at radius 3 is 2.92 bits per heavy atom. The quantitative estimate of drug-likeness (QED) is 0.843. The molecule has 0 heterocycles. The highest BCUT2D eigenvalue weighted by molar-refractivity contribution is 9.10. The molecule has 65 valence electrons. The second-order valence-electron chi connectivity index (χ2n) is 2.84. The molecular weight excluding hydrogens is 216 g/mol. The minimum atomic E-state index is -0.260. The average molecular weight is 228 g/mol. The van der Waals surface area contributed by atoms with Gasteiger partial charge in [-0.1, -0.05) is 28.1 Å². The standard InChI is InChI=1S/C10H12BrO/c1-8(12)5-6-9-3-2-4-10(11)7-9/h2-4,6-8,12H,5H2,1H3. The highest BCUT2D eigenvalue weighted by Crippen LogP contribution is 2.14. The Labute approximate surface area is 81.6 Å². The van der Waals surface area contributed by atoms with Gasteiger partial charge < -0.3 is 5.11 Å². The summed E-state index contributed by atoms with van der Waals surface area (Å²) in [6.07, 6.45) is 2.47. The van der Waals surface area contributed by atoms with Crippen molar-refractivity contribution in [2.24, 2.45) is 0 Å². The van der Waals surface area contributed by atoms with Crippen molar-refractivity contribution in [3.8, 4) is 0 Å². The molecule has 1 nitrogen and oxygen atoms in total. The molecule has 12 heavy (non-hydrogen) atoms. The SMILES string of the molecule is CC(O)C[CH]c1cccc(Br)c1. The van der Waals surface area contributed by atoms with E-state index in [1.54, 1.807) is 6.92 Å². The first-order valence-corrected chi connectivity index (χ1v) is 4.74.